The second-order valence-corrected chi connectivity index (χ2v) is 5.99. The summed E-state index contributed by atoms with van der Waals surface area (Å²) >= 11 is 3.44. The third kappa shape index (κ3) is 4.60. The number of halogens is 1. The van der Waals surface area contributed by atoms with Gasteiger partial charge in [0.1, 0.15) is 0 Å². The maximum Gasteiger partial charge on any atom is 0.222 e. The van der Waals surface area contributed by atoms with Crippen LogP contribution in [-0.2, 0) is 17.8 Å². The molecule has 2 rings (SSSR count). The van der Waals surface area contributed by atoms with Crippen LogP contribution in [0.4, 0.5) is 5.69 Å². The molecule has 2 N–H and O–H groups in total. The van der Waals surface area contributed by atoms with Gasteiger partial charge in [0, 0.05) is 30.2 Å². The van der Waals surface area contributed by atoms with Gasteiger partial charge in [-0.15, -0.1) is 0 Å². The van der Waals surface area contributed by atoms with E-state index in [0.29, 0.717) is 19.4 Å². The molecule has 0 spiro atoms. The molecule has 2 aromatic rings. The van der Waals surface area contributed by atoms with Gasteiger partial charge < -0.3 is 10.6 Å². The zero-order valence-electron chi connectivity index (χ0n) is 12.1. The van der Waals surface area contributed by atoms with Crippen LogP contribution in [0.15, 0.2) is 53.0 Å². The second kappa shape index (κ2) is 7.27. The van der Waals surface area contributed by atoms with Gasteiger partial charge in [0.15, 0.2) is 0 Å². The molecule has 0 aliphatic heterocycles. The van der Waals surface area contributed by atoms with E-state index in [1.54, 1.807) is 4.90 Å². The van der Waals surface area contributed by atoms with Gasteiger partial charge in [-0.3, -0.25) is 4.79 Å². The smallest absolute Gasteiger partial charge is 0.222 e. The predicted molar refractivity (Wildman–Crippen MR) is 89.8 cm³/mol. The van der Waals surface area contributed by atoms with Crippen molar-refractivity contribution in [2.75, 3.05) is 12.8 Å². The number of benzene rings is 2. The summed E-state index contributed by atoms with van der Waals surface area (Å²) < 4.78 is 1.03. The number of rotatable bonds is 5. The standard InChI is InChI=1S/C17H19BrN2O/c1-20(12-13-5-4-7-15(18)11-13)17(21)10-9-14-6-2-3-8-16(14)19/h2-8,11H,9-10,12,19H2,1H3. The first-order chi connectivity index (χ1) is 10.1. The molecule has 0 aliphatic carbocycles. The molecule has 0 unspecified atom stereocenters. The first-order valence-electron chi connectivity index (χ1n) is 6.88. The van der Waals surface area contributed by atoms with Gasteiger partial charge in [0.25, 0.3) is 0 Å². The van der Waals surface area contributed by atoms with Gasteiger partial charge in [-0.2, -0.15) is 0 Å². The fourth-order valence-corrected chi connectivity index (χ4v) is 2.64. The number of para-hydroxylation sites is 1. The highest BCUT2D eigenvalue weighted by Gasteiger charge is 2.10. The third-order valence-electron chi connectivity index (χ3n) is 3.40. The summed E-state index contributed by atoms with van der Waals surface area (Å²) in [7, 11) is 1.83. The zero-order chi connectivity index (χ0) is 15.2. The van der Waals surface area contributed by atoms with Crippen LogP contribution in [0.3, 0.4) is 0 Å². The van der Waals surface area contributed by atoms with Crippen molar-refractivity contribution < 1.29 is 4.79 Å². The maximum absolute atomic E-state index is 12.2. The summed E-state index contributed by atoms with van der Waals surface area (Å²) in [5, 5.41) is 0. The molecule has 0 bridgehead atoms. The van der Waals surface area contributed by atoms with Crippen molar-refractivity contribution in [2.24, 2.45) is 0 Å². The topological polar surface area (TPSA) is 46.3 Å². The van der Waals surface area contributed by atoms with Crippen molar-refractivity contribution in [3.8, 4) is 0 Å². The number of hydrogen-bond acceptors (Lipinski definition) is 2. The van der Waals surface area contributed by atoms with Crippen molar-refractivity contribution in [3.05, 3.63) is 64.1 Å². The quantitative estimate of drug-likeness (QED) is 0.840. The van der Waals surface area contributed by atoms with Gasteiger partial charge in [-0.25, -0.2) is 0 Å². The lowest BCUT2D eigenvalue weighted by Crippen LogP contribution is -2.26. The number of amides is 1. The highest BCUT2D eigenvalue weighted by Crippen LogP contribution is 2.15. The van der Waals surface area contributed by atoms with Crippen molar-refractivity contribution in [1.29, 1.82) is 0 Å². The zero-order valence-corrected chi connectivity index (χ0v) is 13.6. The number of nitrogens with two attached hydrogens (primary N) is 1. The number of carbonyl (C=O) groups is 1. The van der Waals surface area contributed by atoms with Crippen molar-refractivity contribution >= 4 is 27.5 Å². The number of carbonyl (C=O) groups excluding carboxylic acids is 1. The van der Waals surface area contributed by atoms with Gasteiger partial charge >= 0.3 is 0 Å². The van der Waals surface area contributed by atoms with Gasteiger partial charge in [-0.1, -0.05) is 46.3 Å². The van der Waals surface area contributed by atoms with E-state index in [-0.39, 0.29) is 5.91 Å². The lowest BCUT2D eigenvalue weighted by molar-refractivity contribution is -0.130. The van der Waals surface area contributed by atoms with Crippen LogP contribution >= 0.6 is 15.9 Å². The lowest BCUT2D eigenvalue weighted by Gasteiger charge is -2.17. The molecule has 110 valence electrons. The minimum Gasteiger partial charge on any atom is -0.399 e. The molecule has 4 heteroatoms. The minimum atomic E-state index is 0.123. The van der Waals surface area contributed by atoms with Crippen LogP contribution in [0.25, 0.3) is 0 Å². The van der Waals surface area contributed by atoms with Crippen LogP contribution in [-0.4, -0.2) is 17.9 Å². The number of hydrogen-bond donors (Lipinski definition) is 1. The minimum absolute atomic E-state index is 0.123. The molecule has 1 amide bonds. The SMILES string of the molecule is CN(Cc1cccc(Br)c1)C(=O)CCc1ccccc1N. The van der Waals surface area contributed by atoms with Gasteiger partial charge in [0.05, 0.1) is 0 Å². The van der Waals surface area contributed by atoms with Crippen LogP contribution < -0.4 is 5.73 Å². The first-order valence-corrected chi connectivity index (χ1v) is 7.67. The highest BCUT2D eigenvalue weighted by atomic mass is 79.9. The number of anilines is 1. The fraction of sp³-hybridized carbons (Fsp3) is 0.235. The van der Waals surface area contributed by atoms with Gasteiger partial charge in [-0.05, 0) is 35.7 Å². The molecule has 0 aromatic heterocycles. The second-order valence-electron chi connectivity index (χ2n) is 5.08. The summed E-state index contributed by atoms with van der Waals surface area (Å²) in [6.07, 6.45) is 1.15. The Morgan fingerprint density at radius 2 is 1.95 bits per heavy atom. The van der Waals surface area contributed by atoms with E-state index >= 15 is 0 Å². The van der Waals surface area contributed by atoms with E-state index in [4.69, 9.17) is 5.73 Å². The van der Waals surface area contributed by atoms with Crippen LogP contribution in [0.1, 0.15) is 17.5 Å². The maximum atomic E-state index is 12.2. The summed E-state index contributed by atoms with van der Waals surface area (Å²) in [4.78, 5) is 13.9. The third-order valence-corrected chi connectivity index (χ3v) is 3.89. The Hall–Kier alpha value is -1.81. The molecule has 0 heterocycles. The Labute approximate surface area is 133 Å². The van der Waals surface area contributed by atoms with E-state index in [1.165, 1.54) is 0 Å². The van der Waals surface area contributed by atoms with Gasteiger partial charge in [0.2, 0.25) is 5.91 Å². The Bertz CT molecular complexity index is 628. The molecular weight excluding hydrogens is 328 g/mol. The molecule has 21 heavy (non-hydrogen) atoms. The molecule has 0 atom stereocenters. The molecule has 0 fully saturated rings. The van der Waals surface area contributed by atoms with Crippen LogP contribution in [0.2, 0.25) is 0 Å². The van der Waals surface area contributed by atoms with E-state index in [9.17, 15) is 4.79 Å². The fourth-order valence-electron chi connectivity index (χ4n) is 2.19. The Kier molecular flexibility index (Phi) is 5.39. The number of aryl methyl sites for hydroxylation is 1. The van der Waals surface area contributed by atoms with Crippen molar-refractivity contribution in [1.82, 2.24) is 4.90 Å². The molecule has 3 nitrogen and oxygen atoms in total. The number of nitrogen functional groups attached to an aromatic ring is 1. The normalized spacial score (nSPS) is 10.4. The highest BCUT2D eigenvalue weighted by molar-refractivity contribution is 9.10. The summed E-state index contributed by atoms with van der Waals surface area (Å²) in [6, 6.07) is 15.7. The number of nitrogens with zero attached hydrogens (tertiary/aromatic N) is 1. The predicted octanol–water partition coefficient (Wildman–Crippen LogP) is 3.62. The molecule has 0 saturated heterocycles. The molecular formula is C17H19BrN2O. The first kappa shape index (κ1) is 15.6. The van der Waals surface area contributed by atoms with E-state index in [0.717, 1.165) is 21.3 Å². The lowest BCUT2D eigenvalue weighted by atomic mass is 10.1. The van der Waals surface area contributed by atoms with E-state index in [2.05, 4.69) is 15.9 Å². The Morgan fingerprint density at radius 1 is 1.19 bits per heavy atom. The Balaban J connectivity index is 1.90. The van der Waals surface area contributed by atoms with Crippen molar-refractivity contribution in [2.45, 2.75) is 19.4 Å². The summed E-state index contributed by atoms with van der Waals surface area (Å²) in [5.74, 6) is 0.123. The largest absolute Gasteiger partial charge is 0.399 e. The molecule has 0 aliphatic rings. The monoisotopic (exact) mass is 346 g/mol. The van der Waals surface area contributed by atoms with Crippen LogP contribution in [0, 0.1) is 0 Å². The average molecular weight is 347 g/mol. The summed E-state index contributed by atoms with van der Waals surface area (Å²) in [5.41, 5.74) is 8.78. The summed E-state index contributed by atoms with van der Waals surface area (Å²) in [6.45, 7) is 0.614. The van der Waals surface area contributed by atoms with Crippen LogP contribution in [0.5, 0.6) is 0 Å². The molecule has 0 radical (unpaired) electrons. The van der Waals surface area contributed by atoms with E-state index in [1.807, 2.05) is 55.6 Å². The van der Waals surface area contributed by atoms with E-state index < -0.39 is 0 Å². The Morgan fingerprint density at radius 3 is 2.67 bits per heavy atom. The average Bonchev–Trinajstić information content (AvgIpc) is 2.46. The van der Waals surface area contributed by atoms with Crippen molar-refractivity contribution in [3.63, 3.8) is 0 Å². The molecule has 2 aromatic carbocycles. The molecule has 0 saturated carbocycles.